The molecular formula is C17H32N2O4. The van der Waals surface area contributed by atoms with Crippen LogP contribution in [0, 0.1) is 0 Å². The minimum atomic E-state index is -0.484. The van der Waals surface area contributed by atoms with Crippen LogP contribution in [0.1, 0.15) is 60.8 Å². The lowest BCUT2D eigenvalue weighted by Crippen LogP contribution is -2.50. The molecule has 0 bridgehead atoms. The molecule has 0 aromatic rings. The summed E-state index contributed by atoms with van der Waals surface area (Å²) in [6.45, 7) is 12.7. The number of carbonyl (C=O) groups is 2. The van der Waals surface area contributed by atoms with Crippen LogP contribution in [0.4, 0.5) is 4.79 Å². The number of carbonyl (C=O) groups excluding carboxylic acids is 2. The van der Waals surface area contributed by atoms with Gasteiger partial charge in [0.2, 0.25) is 5.91 Å². The second-order valence-corrected chi connectivity index (χ2v) is 7.51. The van der Waals surface area contributed by atoms with E-state index in [9.17, 15) is 9.59 Å². The maximum atomic E-state index is 12.1. The SMILES string of the molecule is CCC1(OCC(=O)NC(C)C)CCN(C(=O)OC(C)(C)C)CC1. The second-order valence-electron chi connectivity index (χ2n) is 7.51. The van der Waals surface area contributed by atoms with Crippen molar-refractivity contribution in [3.63, 3.8) is 0 Å². The number of rotatable bonds is 5. The molecule has 1 saturated heterocycles. The topological polar surface area (TPSA) is 67.9 Å². The summed E-state index contributed by atoms with van der Waals surface area (Å²) in [4.78, 5) is 25.6. The summed E-state index contributed by atoms with van der Waals surface area (Å²) in [7, 11) is 0. The lowest BCUT2D eigenvalue weighted by Gasteiger charge is -2.41. The van der Waals surface area contributed by atoms with Gasteiger partial charge in [-0.25, -0.2) is 4.79 Å². The summed E-state index contributed by atoms with van der Waals surface area (Å²) in [5.41, 5.74) is -0.811. The predicted octanol–water partition coefficient (Wildman–Crippen LogP) is 2.71. The number of piperidine rings is 1. The number of ether oxygens (including phenoxy) is 2. The highest BCUT2D eigenvalue weighted by Crippen LogP contribution is 2.30. The Hall–Kier alpha value is -1.30. The van der Waals surface area contributed by atoms with Crippen molar-refractivity contribution in [2.75, 3.05) is 19.7 Å². The molecule has 1 rings (SSSR count). The Labute approximate surface area is 139 Å². The van der Waals surface area contributed by atoms with E-state index in [2.05, 4.69) is 12.2 Å². The molecule has 0 unspecified atom stereocenters. The number of nitrogens with zero attached hydrogens (tertiary/aromatic N) is 1. The van der Waals surface area contributed by atoms with Gasteiger partial charge in [0.1, 0.15) is 12.2 Å². The van der Waals surface area contributed by atoms with Crippen molar-refractivity contribution in [3.05, 3.63) is 0 Å². The van der Waals surface area contributed by atoms with E-state index in [0.717, 1.165) is 19.3 Å². The van der Waals surface area contributed by atoms with E-state index in [1.54, 1.807) is 4.90 Å². The third kappa shape index (κ3) is 6.77. The molecule has 0 aromatic heterocycles. The number of nitrogens with one attached hydrogen (secondary N) is 1. The first-order valence-electron chi connectivity index (χ1n) is 8.48. The number of likely N-dealkylation sites (tertiary alicyclic amines) is 1. The first kappa shape index (κ1) is 19.7. The summed E-state index contributed by atoms with van der Waals surface area (Å²) < 4.78 is 11.3. The second kappa shape index (κ2) is 7.99. The van der Waals surface area contributed by atoms with Gasteiger partial charge in [0.25, 0.3) is 0 Å². The fourth-order valence-corrected chi connectivity index (χ4v) is 2.61. The van der Waals surface area contributed by atoms with Crippen LogP contribution in [0.3, 0.4) is 0 Å². The Kier molecular flexibility index (Phi) is 6.86. The molecule has 1 fully saturated rings. The molecule has 134 valence electrons. The van der Waals surface area contributed by atoms with Crippen LogP contribution in [0.5, 0.6) is 0 Å². The molecule has 0 atom stereocenters. The van der Waals surface area contributed by atoms with E-state index in [4.69, 9.17) is 9.47 Å². The Morgan fingerprint density at radius 2 is 1.78 bits per heavy atom. The molecule has 0 aliphatic carbocycles. The van der Waals surface area contributed by atoms with Crippen LogP contribution in [-0.2, 0) is 14.3 Å². The van der Waals surface area contributed by atoms with Crippen LogP contribution in [-0.4, -0.2) is 53.8 Å². The van der Waals surface area contributed by atoms with Gasteiger partial charge in [-0.1, -0.05) is 6.92 Å². The molecule has 1 aliphatic rings. The van der Waals surface area contributed by atoms with Gasteiger partial charge in [0.15, 0.2) is 0 Å². The van der Waals surface area contributed by atoms with E-state index in [1.165, 1.54) is 0 Å². The van der Waals surface area contributed by atoms with Gasteiger partial charge in [-0.3, -0.25) is 4.79 Å². The summed E-state index contributed by atoms with van der Waals surface area (Å²) in [5.74, 6) is -0.0950. The van der Waals surface area contributed by atoms with E-state index in [-0.39, 0.29) is 30.3 Å². The van der Waals surface area contributed by atoms with Gasteiger partial charge in [0, 0.05) is 19.1 Å². The highest BCUT2D eigenvalue weighted by Gasteiger charge is 2.37. The van der Waals surface area contributed by atoms with Gasteiger partial charge in [-0.15, -0.1) is 0 Å². The average molecular weight is 328 g/mol. The smallest absolute Gasteiger partial charge is 0.410 e. The van der Waals surface area contributed by atoms with Crippen LogP contribution in [0.15, 0.2) is 0 Å². The van der Waals surface area contributed by atoms with Crippen LogP contribution >= 0.6 is 0 Å². The zero-order chi connectivity index (χ0) is 17.7. The molecule has 6 heteroatoms. The molecular weight excluding hydrogens is 296 g/mol. The molecule has 1 N–H and O–H groups in total. The van der Waals surface area contributed by atoms with Crippen molar-refractivity contribution < 1.29 is 19.1 Å². The monoisotopic (exact) mass is 328 g/mol. The van der Waals surface area contributed by atoms with Crippen LogP contribution in [0.2, 0.25) is 0 Å². The van der Waals surface area contributed by atoms with E-state index in [1.807, 2.05) is 34.6 Å². The van der Waals surface area contributed by atoms with Gasteiger partial charge < -0.3 is 19.7 Å². The molecule has 0 spiro atoms. The van der Waals surface area contributed by atoms with Crippen molar-refractivity contribution in [1.82, 2.24) is 10.2 Å². The molecule has 1 aliphatic heterocycles. The van der Waals surface area contributed by atoms with Gasteiger partial charge in [0.05, 0.1) is 5.60 Å². The molecule has 0 radical (unpaired) electrons. The molecule has 6 nitrogen and oxygen atoms in total. The third-order valence-corrected chi connectivity index (χ3v) is 3.93. The number of hydrogen-bond acceptors (Lipinski definition) is 4. The van der Waals surface area contributed by atoms with Crippen molar-refractivity contribution >= 4 is 12.0 Å². The average Bonchev–Trinajstić information content (AvgIpc) is 2.43. The first-order chi connectivity index (χ1) is 10.6. The molecule has 2 amide bonds. The van der Waals surface area contributed by atoms with Crippen molar-refractivity contribution in [3.8, 4) is 0 Å². The molecule has 1 heterocycles. The third-order valence-electron chi connectivity index (χ3n) is 3.93. The first-order valence-corrected chi connectivity index (χ1v) is 8.48. The van der Waals surface area contributed by atoms with E-state index < -0.39 is 5.60 Å². The molecule has 0 saturated carbocycles. The minimum Gasteiger partial charge on any atom is -0.444 e. The van der Waals surface area contributed by atoms with Crippen molar-refractivity contribution in [2.45, 2.75) is 78.0 Å². The summed E-state index contributed by atoms with van der Waals surface area (Å²) in [5, 5.41) is 2.83. The van der Waals surface area contributed by atoms with Gasteiger partial charge in [-0.05, 0) is 53.9 Å². The Balaban J connectivity index is 2.50. The maximum Gasteiger partial charge on any atom is 0.410 e. The number of hydrogen-bond donors (Lipinski definition) is 1. The van der Waals surface area contributed by atoms with Crippen molar-refractivity contribution in [1.29, 1.82) is 0 Å². The fourth-order valence-electron chi connectivity index (χ4n) is 2.61. The highest BCUT2D eigenvalue weighted by atomic mass is 16.6. The van der Waals surface area contributed by atoms with Gasteiger partial charge >= 0.3 is 6.09 Å². The number of amides is 2. The lowest BCUT2D eigenvalue weighted by molar-refractivity contribution is -0.138. The standard InChI is InChI=1S/C17H32N2O4/c1-7-17(22-12-14(20)18-13(2)3)8-10-19(11-9-17)15(21)23-16(4,5)6/h13H,7-12H2,1-6H3,(H,18,20). The zero-order valence-corrected chi connectivity index (χ0v) is 15.4. The Morgan fingerprint density at radius 3 is 2.22 bits per heavy atom. The maximum absolute atomic E-state index is 12.1. The minimum absolute atomic E-state index is 0.0679. The van der Waals surface area contributed by atoms with Gasteiger partial charge in [-0.2, -0.15) is 0 Å². The fraction of sp³-hybridized carbons (Fsp3) is 0.882. The summed E-state index contributed by atoms with van der Waals surface area (Å²) in [6, 6.07) is 0.109. The van der Waals surface area contributed by atoms with Crippen molar-refractivity contribution in [2.24, 2.45) is 0 Å². The van der Waals surface area contributed by atoms with E-state index >= 15 is 0 Å². The predicted molar refractivity (Wildman–Crippen MR) is 89.3 cm³/mol. The normalized spacial score (nSPS) is 18.0. The van der Waals surface area contributed by atoms with Crippen LogP contribution in [0.25, 0.3) is 0 Å². The largest absolute Gasteiger partial charge is 0.444 e. The quantitative estimate of drug-likeness (QED) is 0.842. The summed E-state index contributed by atoms with van der Waals surface area (Å²) in [6.07, 6.45) is 1.99. The summed E-state index contributed by atoms with van der Waals surface area (Å²) >= 11 is 0. The zero-order valence-electron chi connectivity index (χ0n) is 15.4. The molecule has 23 heavy (non-hydrogen) atoms. The lowest BCUT2D eigenvalue weighted by atomic mass is 9.88. The Bertz CT molecular complexity index is 407. The molecule has 0 aromatic carbocycles. The van der Waals surface area contributed by atoms with Crippen LogP contribution < -0.4 is 5.32 Å². The highest BCUT2D eigenvalue weighted by molar-refractivity contribution is 5.77. The Morgan fingerprint density at radius 1 is 1.22 bits per heavy atom. The van der Waals surface area contributed by atoms with E-state index in [0.29, 0.717) is 13.1 Å².